The topological polar surface area (TPSA) is 139 Å². The van der Waals surface area contributed by atoms with E-state index in [4.69, 9.17) is 9.84 Å². The van der Waals surface area contributed by atoms with E-state index in [2.05, 4.69) is 5.32 Å². The van der Waals surface area contributed by atoms with Crippen molar-refractivity contribution in [2.45, 2.75) is 30.5 Å². The minimum absolute atomic E-state index is 0.0459. The normalized spacial score (nSPS) is 38.0. The second-order valence-electron chi connectivity index (χ2n) is 3.93. The Morgan fingerprint density at radius 2 is 2.06 bits per heavy atom. The zero-order valence-corrected chi connectivity index (χ0v) is 9.11. The standard InChI is InChI=1S/C9H17NO7/c11-4-9(10-2-1-6(13)14)8(16)7(15)5(12)3-17-9/h5,7-8,10-12,15-16H,1-4H2,(H,13,14)/t5-,7-,8+,9?/m1/s1. The maximum atomic E-state index is 10.3. The van der Waals surface area contributed by atoms with Crippen LogP contribution < -0.4 is 5.32 Å². The van der Waals surface area contributed by atoms with E-state index in [1.54, 1.807) is 0 Å². The number of aliphatic hydroxyl groups excluding tert-OH is 4. The third kappa shape index (κ3) is 3.12. The van der Waals surface area contributed by atoms with E-state index in [0.717, 1.165) is 0 Å². The fourth-order valence-corrected chi connectivity index (χ4v) is 1.64. The van der Waals surface area contributed by atoms with Crippen molar-refractivity contribution in [3.63, 3.8) is 0 Å². The molecule has 1 heterocycles. The number of hydrogen-bond donors (Lipinski definition) is 6. The lowest BCUT2D eigenvalue weighted by Crippen LogP contribution is -2.69. The highest BCUT2D eigenvalue weighted by Crippen LogP contribution is 2.23. The van der Waals surface area contributed by atoms with Crippen molar-refractivity contribution in [1.29, 1.82) is 0 Å². The first-order valence-corrected chi connectivity index (χ1v) is 5.19. The molecule has 0 aromatic heterocycles. The summed E-state index contributed by atoms with van der Waals surface area (Å²) in [6, 6.07) is 0. The zero-order valence-electron chi connectivity index (χ0n) is 9.11. The van der Waals surface area contributed by atoms with Gasteiger partial charge >= 0.3 is 5.97 Å². The smallest absolute Gasteiger partial charge is 0.304 e. The van der Waals surface area contributed by atoms with Gasteiger partial charge in [0.25, 0.3) is 0 Å². The van der Waals surface area contributed by atoms with Crippen molar-refractivity contribution in [3.8, 4) is 0 Å². The van der Waals surface area contributed by atoms with Gasteiger partial charge in [-0.15, -0.1) is 0 Å². The number of aliphatic hydroxyl groups is 4. The van der Waals surface area contributed by atoms with E-state index >= 15 is 0 Å². The van der Waals surface area contributed by atoms with Crippen molar-refractivity contribution in [2.75, 3.05) is 19.8 Å². The first-order chi connectivity index (χ1) is 7.93. The molecule has 1 unspecified atom stereocenters. The first kappa shape index (κ1) is 14.3. The average Bonchev–Trinajstić information content (AvgIpc) is 2.29. The molecule has 1 saturated heterocycles. The van der Waals surface area contributed by atoms with Gasteiger partial charge in [0.2, 0.25) is 0 Å². The summed E-state index contributed by atoms with van der Waals surface area (Å²) >= 11 is 0. The molecule has 0 aromatic rings. The molecule has 1 fully saturated rings. The van der Waals surface area contributed by atoms with Gasteiger partial charge in [0.05, 0.1) is 19.6 Å². The van der Waals surface area contributed by atoms with Gasteiger partial charge in [0.15, 0.2) is 5.72 Å². The van der Waals surface area contributed by atoms with Crippen molar-refractivity contribution in [2.24, 2.45) is 0 Å². The number of carbonyl (C=O) groups is 1. The lowest BCUT2D eigenvalue weighted by molar-refractivity contribution is -0.258. The molecule has 0 amide bonds. The summed E-state index contributed by atoms with van der Waals surface area (Å²) in [7, 11) is 0. The lowest BCUT2D eigenvalue weighted by Gasteiger charge is -2.44. The Morgan fingerprint density at radius 3 is 2.59 bits per heavy atom. The van der Waals surface area contributed by atoms with Gasteiger partial charge in [-0.2, -0.15) is 0 Å². The molecule has 4 atom stereocenters. The SMILES string of the molecule is O=C(O)CCNC1(CO)OC[C@@H](O)[C@@H](O)[C@@H]1O. The molecular weight excluding hydrogens is 234 g/mol. The highest BCUT2D eigenvalue weighted by atomic mass is 16.6. The third-order valence-corrected chi connectivity index (χ3v) is 2.71. The van der Waals surface area contributed by atoms with Gasteiger partial charge in [-0.05, 0) is 0 Å². The molecular formula is C9H17NO7. The predicted octanol–water partition coefficient (Wildman–Crippen LogP) is -3.15. The zero-order chi connectivity index (χ0) is 13.1. The molecule has 0 aromatic carbocycles. The number of aliphatic carboxylic acids is 1. The van der Waals surface area contributed by atoms with E-state index in [1.165, 1.54) is 0 Å². The summed E-state index contributed by atoms with van der Waals surface area (Å²) in [6.07, 6.45) is -4.49. The van der Waals surface area contributed by atoms with Gasteiger partial charge in [-0.3, -0.25) is 10.1 Å². The maximum Gasteiger partial charge on any atom is 0.304 e. The van der Waals surface area contributed by atoms with Crippen LogP contribution in [-0.4, -0.2) is 75.3 Å². The van der Waals surface area contributed by atoms with E-state index in [1.807, 2.05) is 0 Å². The van der Waals surface area contributed by atoms with Crippen molar-refractivity contribution < 1.29 is 35.1 Å². The Kier molecular flexibility index (Phi) is 4.80. The third-order valence-electron chi connectivity index (χ3n) is 2.71. The minimum Gasteiger partial charge on any atom is -0.481 e. The van der Waals surface area contributed by atoms with E-state index in [0.29, 0.717) is 0 Å². The minimum atomic E-state index is -1.64. The van der Waals surface area contributed by atoms with Gasteiger partial charge in [-0.1, -0.05) is 0 Å². The summed E-state index contributed by atoms with van der Waals surface area (Å²) in [5.74, 6) is -1.04. The highest BCUT2D eigenvalue weighted by molar-refractivity contribution is 5.66. The summed E-state index contributed by atoms with van der Waals surface area (Å²) < 4.78 is 5.08. The number of ether oxygens (including phenoxy) is 1. The summed E-state index contributed by atoms with van der Waals surface area (Å²) in [6.45, 7) is -0.966. The van der Waals surface area contributed by atoms with Gasteiger partial charge in [0, 0.05) is 6.54 Å². The van der Waals surface area contributed by atoms with Crippen LogP contribution in [-0.2, 0) is 9.53 Å². The second kappa shape index (κ2) is 5.71. The van der Waals surface area contributed by atoms with E-state index in [9.17, 15) is 25.2 Å². The van der Waals surface area contributed by atoms with Crippen LogP contribution >= 0.6 is 0 Å². The quantitative estimate of drug-likeness (QED) is 0.301. The molecule has 0 aliphatic carbocycles. The molecule has 6 N–H and O–H groups in total. The maximum absolute atomic E-state index is 10.3. The number of hydrogen-bond acceptors (Lipinski definition) is 7. The fourth-order valence-electron chi connectivity index (χ4n) is 1.64. The van der Waals surface area contributed by atoms with Crippen LogP contribution in [0.3, 0.4) is 0 Å². The summed E-state index contributed by atoms with van der Waals surface area (Å²) in [4.78, 5) is 10.3. The number of nitrogens with one attached hydrogen (secondary N) is 1. The lowest BCUT2D eigenvalue weighted by atomic mass is 9.94. The highest BCUT2D eigenvalue weighted by Gasteiger charge is 2.48. The number of carboxylic acid groups (broad SMARTS) is 1. The first-order valence-electron chi connectivity index (χ1n) is 5.19. The van der Waals surface area contributed by atoms with Crippen molar-refractivity contribution in [3.05, 3.63) is 0 Å². The number of rotatable bonds is 5. The monoisotopic (exact) mass is 251 g/mol. The molecule has 1 aliphatic rings. The Bertz CT molecular complexity index is 274. The molecule has 1 aliphatic heterocycles. The largest absolute Gasteiger partial charge is 0.481 e. The average molecular weight is 251 g/mol. The van der Waals surface area contributed by atoms with Crippen LogP contribution in [0.15, 0.2) is 0 Å². The Labute approximate surface area is 97.4 Å². The molecule has 100 valence electrons. The molecule has 17 heavy (non-hydrogen) atoms. The summed E-state index contributed by atoms with van der Waals surface area (Å²) in [5, 5.41) is 48.6. The predicted molar refractivity (Wildman–Crippen MR) is 54.0 cm³/mol. The fraction of sp³-hybridized carbons (Fsp3) is 0.889. The van der Waals surface area contributed by atoms with Gasteiger partial charge in [0.1, 0.15) is 18.3 Å². The Hall–Kier alpha value is -0.770. The molecule has 1 rings (SSSR count). The molecule has 0 radical (unpaired) electrons. The Balaban J connectivity index is 2.64. The van der Waals surface area contributed by atoms with Crippen LogP contribution in [0, 0.1) is 0 Å². The Morgan fingerprint density at radius 1 is 1.41 bits per heavy atom. The van der Waals surface area contributed by atoms with E-state index in [-0.39, 0.29) is 19.6 Å². The van der Waals surface area contributed by atoms with Gasteiger partial charge in [-0.25, -0.2) is 0 Å². The van der Waals surface area contributed by atoms with Crippen molar-refractivity contribution in [1.82, 2.24) is 5.32 Å². The second-order valence-corrected chi connectivity index (χ2v) is 3.93. The molecule has 8 heteroatoms. The molecule has 8 nitrogen and oxygen atoms in total. The molecule has 0 bridgehead atoms. The van der Waals surface area contributed by atoms with E-state index < -0.39 is 36.6 Å². The van der Waals surface area contributed by atoms with Crippen LogP contribution in [0.25, 0.3) is 0 Å². The molecule has 0 spiro atoms. The molecule has 0 saturated carbocycles. The van der Waals surface area contributed by atoms with Crippen LogP contribution in [0.1, 0.15) is 6.42 Å². The van der Waals surface area contributed by atoms with Gasteiger partial charge < -0.3 is 30.3 Å². The van der Waals surface area contributed by atoms with Crippen LogP contribution in [0.2, 0.25) is 0 Å². The van der Waals surface area contributed by atoms with Crippen LogP contribution in [0.4, 0.5) is 0 Å². The van der Waals surface area contributed by atoms with Crippen molar-refractivity contribution >= 4 is 5.97 Å². The summed E-state index contributed by atoms with van der Waals surface area (Å²) in [5.41, 5.74) is -1.64. The van der Waals surface area contributed by atoms with Crippen LogP contribution in [0.5, 0.6) is 0 Å². The number of carboxylic acids is 1.